The minimum Gasteiger partial charge on any atom is -0.492 e. The van der Waals surface area contributed by atoms with Crippen molar-refractivity contribution in [2.45, 2.75) is 25.3 Å². The van der Waals surface area contributed by atoms with Gasteiger partial charge in [0.25, 0.3) is 0 Å². The van der Waals surface area contributed by atoms with Crippen LogP contribution in [-0.4, -0.2) is 24.2 Å². The second-order valence-electron chi connectivity index (χ2n) is 3.62. The first kappa shape index (κ1) is 9.46. The van der Waals surface area contributed by atoms with Gasteiger partial charge in [0.2, 0.25) is 0 Å². The maximum atomic E-state index is 5.57. The summed E-state index contributed by atoms with van der Waals surface area (Å²) in [6, 6.07) is 4.49. The molecule has 2 heterocycles. The summed E-state index contributed by atoms with van der Waals surface area (Å²) in [5.41, 5.74) is 0. The zero-order valence-corrected chi connectivity index (χ0v) is 8.28. The SMILES string of the molecule is c1cncc(OCCC2CCCN2)c1. The van der Waals surface area contributed by atoms with Crippen LogP contribution in [0.4, 0.5) is 0 Å². The molecule has 1 unspecified atom stereocenters. The number of hydrogen-bond donors (Lipinski definition) is 1. The number of hydrogen-bond acceptors (Lipinski definition) is 3. The van der Waals surface area contributed by atoms with E-state index in [0.717, 1.165) is 25.3 Å². The van der Waals surface area contributed by atoms with Crippen molar-refractivity contribution in [3.05, 3.63) is 24.5 Å². The molecule has 0 radical (unpaired) electrons. The standard InChI is InChI=1S/C11H16N2O/c1-3-10(13-7-1)5-8-14-11-4-2-6-12-9-11/h2,4,6,9-10,13H,1,3,5,7-8H2. The van der Waals surface area contributed by atoms with Crippen LogP contribution in [0.5, 0.6) is 5.75 Å². The van der Waals surface area contributed by atoms with E-state index < -0.39 is 0 Å². The Morgan fingerprint density at radius 2 is 2.57 bits per heavy atom. The van der Waals surface area contributed by atoms with Gasteiger partial charge < -0.3 is 10.1 Å². The van der Waals surface area contributed by atoms with E-state index in [1.165, 1.54) is 12.8 Å². The van der Waals surface area contributed by atoms with Crippen molar-refractivity contribution in [2.24, 2.45) is 0 Å². The Kier molecular flexibility index (Phi) is 3.35. The van der Waals surface area contributed by atoms with Crippen LogP contribution in [0.2, 0.25) is 0 Å². The van der Waals surface area contributed by atoms with Crippen molar-refractivity contribution in [1.29, 1.82) is 0 Å². The van der Waals surface area contributed by atoms with Gasteiger partial charge in [0.1, 0.15) is 5.75 Å². The Morgan fingerprint density at radius 1 is 1.57 bits per heavy atom. The Morgan fingerprint density at radius 3 is 3.29 bits per heavy atom. The number of nitrogens with zero attached hydrogens (tertiary/aromatic N) is 1. The molecule has 3 heteroatoms. The van der Waals surface area contributed by atoms with Crippen LogP contribution < -0.4 is 10.1 Å². The molecule has 1 atom stereocenters. The molecule has 1 aromatic rings. The van der Waals surface area contributed by atoms with Crippen LogP contribution >= 0.6 is 0 Å². The zero-order valence-electron chi connectivity index (χ0n) is 8.28. The first-order chi connectivity index (χ1) is 6.95. The van der Waals surface area contributed by atoms with Gasteiger partial charge in [-0.15, -0.1) is 0 Å². The highest BCUT2D eigenvalue weighted by atomic mass is 16.5. The third kappa shape index (κ3) is 2.70. The van der Waals surface area contributed by atoms with Crippen molar-refractivity contribution >= 4 is 0 Å². The fourth-order valence-corrected chi connectivity index (χ4v) is 1.75. The number of rotatable bonds is 4. The largest absolute Gasteiger partial charge is 0.492 e. The topological polar surface area (TPSA) is 34.1 Å². The summed E-state index contributed by atoms with van der Waals surface area (Å²) < 4.78 is 5.57. The zero-order chi connectivity index (χ0) is 9.64. The van der Waals surface area contributed by atoms with Crippen molar-refractivity contribution < 1.29 is 4.74 Å². The van der Waals surface area contributed by atoms with Crippen LogP contribution in [0.15, 0.2) is 24.5 Å². The highest BCUT2D eigenvalue weighted by molar-refractivity contribution is 5.15. The summed E-state index contributed by atoms with van der Waals surface area (Å²) >= 11 is 0. The van der Waals surface area contributed by atoms with Crippen LogP contribution in [-0.2, 0) is 0 Å². The van der Waals surface area contributed by atoms with Crippen LogP contribution in [0, 0.1) is 0 Å². The van der Waals surface area contributed by atoms with Gasteiger partial charge in [0.05, 0.1) is 12.8 Å². The van der Waals surface area contributed by atoms with Gasteiger partial charge in [0, 0.05) is 12.2 Å². The van der Waals surface area contributed by atoms with E-state index in [9.17, 15) is 0 Å². The second-order valence-corrected chi connectivity index (χ2v) is 3.62. The summed E-state index contributed by atoms with van der Waals surface area (Å²) in [4.78, 5) is 3.99. The number of nitrogens with one attached hydrogen (secondary N) is 1. The molecule has 2 rings (SSSR count). The molecule has 1 N–H and O–H groups in total. The number of ether oxygens (including phenoxy) is 1. The summed E-state index contributed by atoms with van der Waals surface area (Å²) in [5.74, 6) is 0.866. The molecule has 1 aliphatic heterocycles. The highest BCUT2D eigenvalue weighted by Crippen LogP contribution is 2.11. The van der Waals surface area contributed by atoms with Crippen LogP contribution in [0.25, 0.3) is 0 Å². The van der Waals surface area contributed by atoms with E-state index in [-0.39, 0.29) is 0 Å². The first-order valence-electron chi connectivity index (χ1n) is 5.21. The lowest BCUT2D eigenvalue weighted by atomic mass is 10.2. The Balaban J connectivity index is 1.67. The van der Waals surface area contributed by atoms with Crippen LogP contribution in [0.1, 0.15) is 19.3 Å². The molecule has 3 nitrogen and oxygen atoms in total. The average Bonchev–Trinajstić information content (AvgIpc) is 2.72. The molecule has 0 bridgehead atoms. The normalized spacial score (nSPS) is 21.0. The summed E-state index contributed by atoms with van der Waals surface area (Å²) in [7, 11) is 0. The summed E-state index contributed by atoms with van der Waals surface area (Å²) in [5, 5.41) is 3.45. The molecule has 1 aromatic heterocycles. The van der Waals surface area contributed by atoms with Gasteiger partial charge in [-0.2, -0.15) is 0 Å². The molecule has 1 fully saturated rings. The third-order valence-electron chi connectivity index (χ3n) is 2.53. The number of pyridine rings is 1. The van der Waals surface area contributed by atoms with Gasteiger partial charge >= 0.3 is 0 Å². The molecule has 1 aliphatic rings. The quantitative estimate of drug-likeness (QED) is 0.786. The summed E-state index contributed by atoms with van der Waals surface area (Å²) in [6.45, 7) is 1.95. The fourth-order valence-electron chi connectivity index (χ4n) is 1.75. The van der Waals surface area contributed by atoms with Gasteiger partial charge in [-0.1, -0.05) is 0 Å². The molecular weight excluding hydrogens is 176 g/mol. The maximum Gasteiger partial charge on any atom is 0.137 e. The van der Waals surface area contributed by atoms with E-state index in [4.69, 9.17) is 4.74 Å². The van der Waals surface area contributed by atoms with Crippen molar-refractivity contribution in [1.82, 2.24) is 10.3 Å². The van der Waals surface area contributed by atoms with Gasteiger partial charge in [-0.05, 0) is 37.9 Å². The molecular formula is C11H16N2O. The van der Waals surface area contributed by atoms with Crippen molar-refractivity contribution in [3.63, 3.8) is 0 Å². The van der Waals surface area contributed by atoms with E-state index in [0.29, 0.717) is 6.04 Å². The van der Waals surface area contributed by atoms with Gasteiger partial charge in [-0.3, -0.25) is 4.98 Å². The van der Waals surface area contributed by atoms with Crippen molar-refractivity contribution in [3.8, 4) is 5.75 Å². The predicted octanol–water partition coefficient (Wildman–Crippen LogP) is 1.60. The van der Waals surface area contributed by atoms with E-state index in [1.54, 1.807) is 12.4 Å². The maximum absolute atomic E-state index is 5.57. The summed E-state index contributed by atoms with van der Waals surface area (Å²) in [6.07, 6.45) is 7.19. The molecule has 1 saturated heterocycles. The van der Waals surface area contributed by atoms with Crippen molar-refractivity contribution in [2.75, 3.05) is 13.2 Å². The van der Waals surface area contributed by atoms with Gasteiger partial charge in [-0.25, -0.2) is 0 Å². The monoisotopic (exact) mass is 192 g/mol. The van der Waals surface area contributed by atoms with E-state index in [2.05, 4.69) is 10.3 Å². The number of aromatic nitrogens is 1. The second kappa shape index (κ2) is 4.96. The minimum absolute atomic E-state index is 0.659. The first-order valence-corrected chi connectivity index (χ1v) is 5.21. The lowest BCUT2D eigenvalue weighted by Gasteiger charge is -2.10. The average molecular weight is 192 g/mol. The Hall–Kier alpha value is -1.09. The molecule has 0 spiro atoms. The lowest BCUT2D eigenvalue weighted by Crippen LogP contribution is -2.23. The predicted molar refractivity (Wildman–Crippen MR) is 55.4 cm³/mol. The molecule has 0 amide bonds. The lowest BCUT2D eigenvalue weighted by molar-refractivity contribution is 0.291. The molecule has 14 heavy (non-hydrogen) atoms. The molecule has 0 saturated carbocycles. The van der Waals surface area contributed by atoms with Crippen LogP contribution in [0.3, 0.4) is 0 Å². The Labute approximate surface area is 84.5 Å². The van der Waals surface area contributed by atoms with E-state index >= 15 is 0 Å². The molecule has 76 valence electrons. The molecule has 0 aromatic carbocycles. The van der Waals surface area contributed by atoms with Gasteiger partial charge in [0.15, 0.2) is 0 Å². The Bertz CT molecular complexity index is 257. The highest BCUT2D eigenvalue weighted by Gasteiger charge is 2.13. The molecule has 0 aliphatic carbocycles. The minimum atomic E-state index is 0.659. The smallest absolute Gasteiger partial charge is 0.137 e. The van der Waals surface area contributed by atoms with E-state index in [1.807, 2.05) is 12.1 Å². The third-order valence-corrected chi connectivity index (χ3v) is 2.53. The fraction of sp³-hybridized carbons (Fsp3) is 0.545.